The molecule has 0 radical (unpaired) electrons. The zero-order valence-corrected chi connectivity index (χ0v) is 13.7. The van der Waals surface area contributed by atoms with Gasteiger partial charge in [-0.1, -0.05) is 23.4 Å². The molecule has 0 aliphatic carbocycles. The van der Waals surface area contributed by atoms with Crippen LogP contribution in [0.4, 0.5) is 0 Å². The van der Waals surface area contributed by atoms with E-state index in [4.69, 9.17) is 4.52 Å². The SMILES string of the molecule is Cc1cc(CC(=O)N[C@H]2CCCN(C(=O)c3ccccc3)C2)on1. The largest absolute Gasteiger partial charge is 0.361 e. The molecule has 0 bridgehead atoms. The van der Waals surface area contributed by atoms with Crippen LogP contribution < -0.4 is 5.32 Å². The van der Waals surface area contributed by atoms with Gasteiger partial charge in [0.1, 0.15) is 5.76 Å². The fourth-order valence-corrected chi connectivity index (χ4v) is 2.98. The van der Waals surface area contributed by atoms with E-state index in [9.17, 15) is 9.59 Å². The number of aromatic nitrogens is 1. The van der Waals surface area contributed by atoms with E-state index in [0.717, 1.165) is 25.1 Å². The molecule has 2 aromatic rings. The van der Waals surface area contributed by atoms with Gasteiger partial charge in [0.2, 0.25) is 5.91 Å². The van der Waals surface area contributed by atoms with Gasteiger partial charge in [0.25, 0.3) is 5.91 Å². The number of aryl methyl sites for hydroxylation is 1. The van der Waals surface area contributed by atoms with Crippen molar-refractivity contribution in [2.45, 2.75) is 32.2 Å². The third-order valence-corrected chi connectivity index (χ3v) is 4.11. The van der Waals surface area contributed by atoms with E-state index in [2.05, 4.69) is 10.5 Å². The molecule has 1 aliphatic rings. The van der Waals surface area contributed by atoms with Crippen LogP contribution in [0.2, 0.25) is 0 Å². The molecule has 1 saturated heterocycles. The Hall–Kier alpha value is -2.63. The second kappa shape index (κ2) is 7.29. The Labute approximate surface area is 140 Å². The summed E-state index contributed by atoms with van der Waals surface area (Å²) in [6.45, 7) is 3.08. The van der Waals surface area contributed by atoms with Crippen LogP contribution in [0.3, 0.4) is 0 Å². The number of hydrogen-bond acceptors (Lipinski definition) is 4. The minimum Gasteiger partial charge on any atom is -0.361 e. The maximum atomic E-state index is 12.5. The van der Waals surface area contributed by atoms with Gasteiger partial charge in [0.05, 0.1) is 12.1 Å². The summed E-state index contributed by atoms with van der Waals surface area (Å²) in [6.07, 6.45) is 1.93. The highest BCUT2D eigenvalue weighted by Crippen LogP contribution is 2.14. The predicted molar refractivity (Wildman–Crippen MR) is 88.5 cm³/mol. The van der Waals surface area contributed by atoms with E-state index >= 15 is 0 Å². The van der Waals surface area contributed by atoms with Crippen LogP contribution >= 0.6 is 0 Å². The molecular weight excluding hydrogens is 306 g/mol. The Bertz CT molecular complexity index is 711. The molecule has 1 aromatic heterocycles. The summed E-state index contributed by atoms with van der Waals surface area (Å²) in [5.74, 6) is 0.462. The van der Waals surface area contributed by atoms with E-state index < -0.39 is 0 Å². The van der Waals surface area contributed by atoms with Gasteiger partial charge in [-0.2, -0.15) is 0 Å². The summed E-state index contributed by atoms with van der Waals surface area (Å²) in [7, 11) is 0. The van der Waals surface area contributed by atoms with E-state index in [0.29, 0.717) is 17.9 Å². The maximum Gasteiger partial charge on any atom is 0.253 e. The third-order valence-electron chi connectivity index (χ3n) is 4.11. The van der Waals surface area contributed by atoms with Crippen LogP contribution in [-0.4, -0.2) is 41.0 Å². The number of rotatable bonds is 4. The molecule has 1 fully saturated rings. The summed E-state index contributed by atoms with van der Waals surface area (Å²) in [5, 5.41) is 6.77. The van der Waals surface area contributed by atoms with Crippen molar-refractivity contribution >= 4 is 11.8 Å². The Balaban J connectivity index is 1.55. The van der Waals surface area contributed by atoms with Crippen molar-refractivity contribution in [3.63, 3.8) is 0 Å². The molecule has 0 spiro atoms. The molecule has 24 heavy (non-hydrogen) atoms. The van der Waals surface area contributed by atoms with Gasteiger partial charge >= 0.3 is 0 Å². The number of nitrogens with one attached hydrogen (secondary N) is 1. The summed E-state index contributed by atoms with van der Waals surface area (Å²) in [4.78, 5) is 26.5. The zero-order chi connectivity index (χ0) is 16.9. The predicted octanol–water partition coefficient (Wildman–Crippen LogP) is 1.95. The van der Waals surface area contributed by atoms with Crippen LogP contribution in [0.25, 0.3) is 0 Å². The van der Waals surface area contributed by atoms with Crippen LogP contribution in [-0.2, 0) is 11.2 Å². The van der Waals surface area contributed by atoms with Crippen molar-refractivity contribution in [2.24, 2.45) is 0 Å². The first-order valence-corrected chi connectivity index (χ1v) is 8.17. The lowest BCUT2D eigenvalue weighted by atomic mass is 10.0. The highest BCUT2D eigenvalue weighted by atomic mass is 16.5. The van der Waals surface area contributed by atoms with Gasteiger partial charge in [-0.25, -0.2) is 0 Å². The molecule has 2 amide bonds. The molecule has 6 heteroatoms. The average molecular weight is 327 g/mol. The monoisotopic (exact) mass is 327 g/mol. The second-order valence-corrected chi connectivity index (χ2v) is 6.14. The van der Waals surface area contributed by atoms with E-state index in [1.807, 2.05) is 42.2 Å². The van der Waals surface area contributed by atoms with E-state index in [1.165, 1.54) is 0 Å². The topological polar surface area (TPSA) is 75.4 Å². The minimum absolute atomic E-state index is 0.0143. The fourth-order valence-electron chi connectivity index (χ4n) is 2.98. The van der Waals surface area contributed by atoms with Crippen LogP contribution in [0.1, 0.15) is 34.7 Å². The quantitative estimate of drug-likeness (QED) is 0.931. The molecule has 2 heterocycles. The number of piperidine rings is 1. The number of likely N-dealkylation sites (tertiary alicyclic amines) is 1. The number of benzene rings is 1. The number of carbonyl (C=O) groups excluding carboxylic acids is 2. The van der Waals surface area contributed by atoms with Crippen LogP contribution in [0.15, 0.2) is 40.9 Å². The van der Waals surface area contributed by atoms with E-state index in [1.54, 1.807) is 6.07 Å². The molecule has 1 aliphatic heterocycles. The molecule has 1 atom stereocenters. The number of carbonyl (C=O) groups is 2. The standard InChI is InChI=1S/C18H21N3O3/c1-13-10-16(24-20-13)11-17(22)19-15-8-5-9-21(12-15)18(23)14-6-3-2-4-7-14/h2-4,6-7,10,15H,5,8-9,11-12H2,1H3,(H,19,22)/t15-/m0/s1. The van der Waals surface area contributed by atoms with Crippen LogP contribution in [0, 0.1) is 6.92 Å². The lowest BCUT2D eigenvalue weighted by molar-refractivity contribution is -0.121. The molecule has 6 nitrogen and oxygen atoms in total. The van der Waals surface area contributed by atoms with E-state index in [-0.39, 0.29) is 24.3 Å². The molecule has 1 aromatic carbocycles. The van der Waals surface area contributed by atoms with Gasteiger partial charge in [-0.05, 0) is 31.9 Å². The van der Waals surface area contributed by atoms with Crippen molar-refractivity contribution in [1.29, 1.82) is 0 Å². The second-order valence-electron chi connectivity index (χ2n) is 6.14. The van der Waals surface area contributed by atoms with Gasteiger partial charge in [-0.15, -0.1) is 0 Å². The molecule has 1 N–H and O–H groups in total. The Morgan fingerprint density at radius 1 is 1.33 bits per heavy atom. The lowest BCUT2D eigenvalue weighted by Gasteiger charge is -2.33. The van der Waals surface area contributed by atoms with Crippen molar-refractivity contribution in [1.82, 2.24) is 15.4 Å². The summed E-state index contributed by atoms with van der Waals surface area (Å²) in [6, 6.07) is 11.0. The molecule has 3 rings (SSSR count). The summed E-state index contributed by atoms with van der Waals surface area (Å²) in [5.41, 5.74) is 1.44. The van der Waals surface area contributed by atoms with Crippen molar-refractivity contribution in [3.8, 4) is 0 Å². The highest BCUT2D eigenvalue weighted by molar-refractivity contribution is 5.94. The fraction of sp³-hybridized carbons (Fsp3) is 0.389. The van der Waals surface area contributed by atoms with Crippen molar-refractivity contribution < 1.29 is 14.1 Å². The van der Waals surface area contributed by atoms with Crippen LogP contribution in [0.5, 0.6) is 0 Å². The molecular formula is C18H21N3O3. The Morgan fingerprint density at radius 3 is 2.83 bits per heavy atom. The van der Waals surface area contributed by atoms with Crippen molar-refractivity contribution in [2.75, 3.05) is 13.1 Å². The number of hydrogen-bond donors (Lipinski definition) is 1. The van der Waals surface area contributed by atoms with Gasteiger partial charge < -0.3 is 14.7 Å². The Morgan fingerprint density at radius 2 is 2.12 bits per heavy atom. The molecule has 0 unspecified atom stereocenters. The number of nitrogens with zero attached hydrogens (tertiary/aromatic N) is 2. The molecule has 0 saturated carbocycles. The first kappa shape index (κ1) is 16.2. The highest BCUT2D eigenvalue weighted by Gasteiger charge is 2.25. The Kier molecular flexibility index (Phi) is 4.93. The zero-order valence-electron chi connectivity index (χ0n) is 13.7. The summed E-state index contributed by atoms with van der Waals surface area (Å²) >= 11 is 0. The van der Waals surface area contributed by atoms with Gasteiger partial charge in [-0.3, -0.25) is 9.59 Å². The van der Waals surface area contributed by atoms with Crippen molar-refractivity contribution in [3.05, 3.63) is 53.4 Å². The first-order chi connectivity index (χ1) is 11.6. The van der Waals surface area contributed by atoms with Gasteiger partial charge in [0.15, 0.2) is 0 Å². The number of amides is 2. The minimum atomic E-state index is -0.106. The normalized spacial score (nSPS) is 17.5. The first-order valence-electron chi connectivity index (χ1n) is 8.17. The third kappa shape index (κ3) is 4.01. The smallest absolute Gasteiger partial charge is 0.253 e. The average Bonchev–Trinajstić information content (AvgIpc) is 3.00. The van der Waals surface area contributed by atoms with Gasteiger partial charge in [0, 0.05) is 30.8 Å². The lowest BCUT2D eigenvalue weighted by Crippen LogP contribution is -2.49. The molecule has 126 valence electrons. The summed E-state index contributed by atoms with van der Waals surface area (Å²) < 4.78 is 5.07. The maximum absolute atomic E-state index is 12.5.